The molecule has 0 aromatic heterocycles. The second kappa shape index (κ2) is 7.09. The number of hydrogen-bond acceptors (Lipinski definition) is 4. The smallest absolute Gasteiger partial charge is 0.407 e. The van der Waals surface area contributed by atoms with Crippen LogP contribution in [0.4, 0.5) is 4.79 Å². The van der Waals surface area contributed by atoms with Crippen molar-refractivity contribution in [3.05, 3.63) is 59.2 Å². The lowest BCUT2D eigenvalue weighted by molar-refractivity contribution is 0.0129. The van der Waals surface area contributed by atoms with Gasteiger partial charge in [0.1, 0.15) is 17.8 Å². The number of rotatable bonds is 4. The third-order valence-electron chi connectivity index (χ3n) is 4.38. The summed E-state index contributed by atoms with van der Waals surface area (Å²) in [5.41, 5.74) is 4.81. The van der Waals surface area contributed by atoms with Crippen LogP contribution in [0.25, 0.3) is 11.1 Å². The molecule has 0 saturated carbocycles. The Labute approximate surface area is 153 Å². The Morgan fingerprint density at radius 1 is 1.12 bits per heavy atom. The number of aliphatic hydroxyl groups is 2. The molecule has 0 spiro atoms. The summed E-state index contributed by atoms with van der Waals surface area (Å²) in [6.07, 6.45) is -2.00. The van der Waals surface area contributed by atoms with Gasteiger partial charge >= 0.3 is 6.09 Å². The molecule has 5 nitrogen and oxygen atoms in total. The van der Waals surface area contributed by atoms with E-state index in [1.54, 1.807) is 20.8 Å². The average Bonchev–Trinajstić information content (AvgIpc) is 2.95. The van der Waals surface area contributed by atoms with Gasteiger partial charge in [-0.15, -0.1) is 0 Å². The zero-order valence-corrected chi connectivity index (χ0v) is 15.3. The number of benzene rings is 2. The van der Waals surface area contributed by atoms with E-state index in [-0.39, 0.29) is 6.54 Å². The monoisotopic (exact) mass is 355 g/mol. The van der Waals surface area contributed by atoms with Crippen molar-refractivity contribution in [3.8, 4) is 11.1 Å². The molecule has 5 heteroatoms. The molecule has 2 unspecified atom stereocenters. The molecule has 2 aromatic rings. The van der Waals surface area contributed by atoms with E-state index in [0.717, 1.165) is 17.5 Å². The van der Waals surface area contributed by atoms with Gasteiger partial charge in [-0.3, -0.25) is 0 Å². The Bertz CT molecular complexity index is 810. The van der Waals surface area contributed by atoms with Gasteiger partial charge in [0.25, 0.3) is 0 Å². The highest BCUT2D eigenvalue weighted by Gasteiger charge is 2.24. The first-order valence-corrected chi connectivity index (χ1v) is 8.79. The molecular weight excluding hydrogens is 330 g/mol. The van der Waals surface area contributed by atoms with Gasteiger partial charge in [-0.25, -0.2) is 4.79 Å². The van der Waals surface area contributed by atoms with Crippen LogP contribution in [-0.4, -0.2) is 34.6 Å². The molecular formula is C21H25NO4. The standard InChI is InChI=1S/C21H25NO4/c1-21(2,3)26-20(25)22-12-18(23)19(24)14-8-9-17-15(11-14)10-13-6-4-5-7-16(13)17/h4-9,11,18-19,23-24H,10,12H2,1-3H3,(H,22,25). The molecule has 1 amide bonds. The number of hydrogen-bond donors (Lipinski definition) is 3. The topological polar surface area (TPSA) is 78.8 Å². The van der Waals surface area contributed by atoms with Crippen LogP contribution in [0.5, 0.6) is 0 Å². The Kier molecular flexibility index (Phi) is 5.03. The van der Waals surface area contributed by atoms with E-state index in [9.17, 15) is 15.0 Å². The van der Waals surface area contributed by atoms with Crippen molar-refractivity contribution >= 4 is 6.09 Å². The molecule has 0 fully saturated rings. The fourth-order valence-corrected chi connectivity index (χ4v) is 3.18. The van der Waals surface area contributed by atoms with E-state index in [0.29, 0.717) is 5.56 Å². The first-order chi connectivity index (χ1) is 12.2. The number of carbonyl (C=O) groups excluding carboxylic acids is 1. The Morgan fingerprint density at radius 2 is 1.81 bits per heavy atom. The van der Waals surface area contributed by atoms with Crippen LogP contribution >= 0.6 is 0 Å². The predicted octanol–water partition coefficient (Wildman–Crippen LogP) is 3.18. The Morgan fingerprint density at radius 3 is 2.54 bits per heavy atom. The minimum Gasteiger partial charge on any atom is -0.444 e. The number of nitrogens with one attached hydrogen (secondary N) is 1. The molecule has 0 bridgehead atoms. The van der Waals surface area contributed by atoms with Crippen molar-refractivity contribution in [1.29, 1.82) is 0 Å². The van der Waals surface area contributed by atoms with Crippen molar-refractivity contribution in [2.24, 2.45) is 0 Å². The molecule has 3 rings (SSSR count). The van der Waals surface area contributed by atoms with E-state index in [4.69, 9.17) is 4.74 Å². The van der Waals surface area contributed by atoms with Crippen molar-refractivity contribution in [2.75, 3.05) is 6.54 Å². The Balaban J connectivity index is 1.64. The predicted molar refractivity (Wildman–Crippen MR) is 99.9 cm³/mol. The first kappa shape index (κ1) is 18.4. The molecule has 0 heterocycles. The van der Waals surface area contributed by atoms with E-state index < -0.39 is 23.9 Å². The van der Waals surface area contributed by atoms with Crippen LogP contribution in [-0.2, 0) is 11.2 Å². The highest BCUT2D eigenvalue weighted by molar-refractivity contribution is 5.77. The highest BCUT2D eigenvalue weighted by atomic mass is 16.6. The SMILES string of the molecule is CC(C)(C)OC(=O)NCC(O)C(O)c1ccc2c(c1)Cc1ccccc1-2. The summed E-state index contributed by atoms with van der Waals surface area (Å²) in [6.45, 7) is 5.20. The number of alkyl carbamates (subject to hydrolysis) is 1. The summed E-state index contributed by atoms with van der Waals surface area (Å²) in [5, 5.41) is 23.1. The van der Waals surface area contributed by atoms with E-state index in [1.807, 2.05) is 30.3 Å². The number of fused-ring (bicyclic) bond motifs is 3. The number of aliphatic hydroxyl groups excluding tert-OH is 2. The van der Waals surface area contributed by atoms with Gasteiger partial charge in [0.15, 0.2) is 0 Å². The third-order valence-corrected chi connectivity index (χ3v) is 4.38. The fourth-order valence-electron chi connectivity index (χ4n) is 3.18. The quantitative estimate of drug-likeness (QED) is 0.672. The number of carbonyl (C=O) groups is 1. The molecule has 2 aromatic carbocycles. The van der Waals surface area contributed by atoms with Crippen LogP contribution in [0.2, 0.25) is 0 Å². The molecule has 1 aliphatic carbocycles. The second-order valence-corrected chi connectivity index (χ2v) is 7.65. The van der Waals surface area contributed by atoms with Crippen LogP contribution in [0.15, 0.2) is 42.5 Å². The van der Waals surface area contributed by atoms with Crippen LogP contribution in [0.1, 0.15) is 43.6 Å². The highest BCUT2D eigenvalue weighted by Crippen LogP contribution is 2.37. The van der Waals surface area contributed by atoms with Crippen LogP contribution in [0.3, 0.4) is 0 Å². The maximum atomic E-state index is 11.7. The summed E-state index contributed by atoms with van der Waals surface area (Å²) >= 11 is 0. The van der Waals surface area contributed by atoms with E-state index in [1.165, 1.54) is 11.1 Å². The molecule has 0 saturated heterocycles. The lowest BCUT2D eigenvalue weighted by Gasteiger charge is -2.22. The number of ether oxygens (including phenoxy) is 1. The second-order valence-electron chi connectivity index (χ2n) is 7.65. The molecule has 138 valence electrons. The summed E-state index contributed by atoms with van der Waals surface area (Å²) in [7, 11) is 0. The molecule has 0 radical (unpaired) electrons. The van der Waals surface area contributed by atoms with Gasteiger partial charge in [-0.1, -0.05) is 42.5 Å². The molecule has 0 aliphatic heterocycles. The van der Waals surface area contributed by atoms with Crippen molar-refractivity contribution in [1.82, 2.24) is 5.32 Å². The molecule has 2 atom stereocenters. The van der Waals surface area contributed by atoms with Crippen LogP contribution < -0.4 is 5.32 Å². The first-order valence-electron chi connectivity index (χ1n) is 8.79. The van der Waals surface area contributed by atoms with Gasteiger partial charge in [0.2, 0.25) is 0 Å². The molecule has 3 N–H and O–H groups in total. The fraction of sp³-hybridized carbons (Fsp3) is 0.381. The Hall–Kier alpha value is -2.37. The van der Waals surface area contributed by atoms with E-state index in [2.05, 4.69) is 17.4 Å². The minimum absolute atomic E-state index is 0.0899. The maximum absolute atomic E-state index is 11.7. The molecule has 1 aliphatic rings. The summed E-state index contributed by atoms with van der Waals surface area (Å²) in [6, 6.07) is 14.0. The summed E-state index contributed by atoms with van der Waals surface area (Å²) in [4.78, 5) is 11.7. The van der Waals surface area contributed by atoms with Gasteiger partial charge < -0.3 is 20.3 Å². The zero-order valence-electron chi connectivity index (χ0n) is 15.3. The van der Waals surface area contributed by atoms with Crippen molar-refractivity contribution in [3.63, 3.8) is 0 Å². The minimum atomic E-state index is -1.12. The normalized spacial score (nSPS) is 15.0. The van der Waals surface area contributed by atoms with Gasteiger partial charge in [-0.2, -0.15) is 0 Å². The lowest BCUT2D eigenvalue weighted by atomic mass is 9.98. The van der Waals surface area contributed by atoms with Gasteiger partial charge in [0, 0.05) is 6.54 Å². The van der Waals surface area contributed by atoms with Crippen LogP contribution in [0, 0.1) is 0 Å². The maximum Gasteiger partial charge on any atom is 0.407 e. The van der Waals surface area contributed by atoms with Gasteiger partial charge in [0.05, 0.1) is 0 Å². The summed E-state index contributed by atoms with van der Waals surface area (Å²) < 4.78 is 5.13. The lowest BCUT2D eigenvalue weighted by Crippen LogP contribution is -2.38. The third kappa shape index (κ3) is 4.06. The van der Waals surface area contributed by atoms with E-state index >= 15 is 0 Å². The average molecular weight is 355 g/mol. The largest absolute Gasteiger partial charge is 0.444 e. The van der Waals surface area contributed by atoms with Crippen molar-refractivity contribution in [2.45, 2.75) is 45.0 Å². The van der Waals surface area contributed by atoms with Crippen molar-refractivity contribution < 1.29 is 19.7 Å². The number of amides is 1. The van der Waals surface area contributed by atoms with Gasteiger partial charge in [-0.05, 0) is 55.0 Å². The zero-order chi connectivity index (χ0) is 18.9. The molecule has 26 heavy (non-hydrogen) atoms. The summed E-state index contributed by atoms with van der Waals surface area (Å²) in [5.74, 6) is 0.